The molecule has 1 aromatic carbocycles. The van der Waals surface area contributed by atoms with Crippen LogP contribution in [0, 0.1) is 12.7 Å². The van der Waals surface area contributed by atoms with Gasteiger partial charge in [-0.05, 0) is 51.4 Å². The Bertz CT molecular complexity index is 954. The molecule has 4 rings (SSSR count). The van der Waals surface area contributed by atoms with Gasteiger partial charge in [-0.15, -0.1) is 0 Å². The molecule has 1 aliphatic heterocycles. The van der Waals surface area contributed by atoms with Crippen molar-refractivity contribution >= 4 is 0 Å². The summed E-state index contributed by atoms with van der Waals surface area (Å²) in [6.45, 7) is 4.96. The first-order valence-electron chi connectivity index (χ1n) is 10.1. The average Bonchev–Trinajstić information content (AvgIpc) is 3.23. The van der Waals surface area contributed by atoms with E-state index in [1.807, 2.05) is 13.0 Å². The predicted molar refractivity (Wildman–Crippen MR) is 106 cm³/mol. The number of rotatable bonds is 6. The van der Waals surface area contributed by atoms with Gasteiger partial charge < -0.3 is 9.63 Å². The molecule has 1 aliphatic rings. The number of hydrogen-bond acceptors (Lipinski definition) is 6. The van der Waals surface area contributed by atoms with Crippen molar-refractivity contribution < 1.29 is 14.0 Å². The maximum absolute atomic E-state index is 13.6. The van der Waals surface area contributed by atoms with Crippen molar-refractivity contribution in [1.82, 2.24) is 24.8 Å². The molecule has 0 amide bonds. The first-order valence-corrected chi connectivity index (χ1v) is 10.1. The van der Waals surface area contributed by atoms with Gasteiger partial charge in [0.05, 0.1) is 25.4 Å². The number of aliphatic hydroxyl groups is 1. The largest absolute Gasteiger partial charge is 0.394 e. The number of aliphatic hydroxyl groups excluding tert-OH is 1. The van der Waals surface area contributed by atoms with Gasteiger partial charge in [-0.2, -0.15) is 5.10 Å². The summed E-state index contributed by atoms with van der Waals surface area (Å²) in [6.07, 6.45) is 2.98. The van der Waals surface area contributed by atoms with Crippen molar-refractivity contribution in [1.29, 1.82) is 0 Å². The summed E-state index contributed by atoms with van der Waals surface area (Å²) in [5.41, 5.74) is 1.55. The highest BCUT2D eigenvalue weighted by atomic mass is 19.1. The molecule has 1 N–H and O–H groups in total. The molecule has 0 radical (unpaired) electrons. The van der Waals surface area contributed by atoms with Crippen LogP contribution in [0.1, 0.15) is 42.5 Å². The Morgan fingerprint density at radius 3 is 2.90 bits per heavy atom. The first kappa shape index (κ1) is 19.7. The molecular weight excluding hydrogens is 373 g/mol. The molecule has 0 bridgehead atoms. The highest BCUT2D eigenvalue weighted by Crippen LogP contribution is 2.29. The molecule has 0 spiro atoms. The molecule has 1 fully saturated rings. The number of aryl methyl sites for hydroxylation is 1. The number of halogens is 1. The SMILES string of the molecule is Cc1cc(CN2CCCC(c3nc(-c4cccc(F)c4)nn3CCO)CC2)on1. The van der Waals surface area contributed by atoms with Crippen molar-refractivity contribution in [2.24, 2.45) is 0 Å². The molecule has 0 saturated carbocycles. The molecule has 29 heavy (non-hydrogen) atoms. The third-order valence-corrected chi connectivity index (χ3v) is 5.34. The number of benzene rings is 1. The zero-order valence-corrected chi connectivity index (χ0v) is 16.6. The molecule has 154 valence electrons. The lowest BCUT2D eigenvalue weighted by Gasteiger charge is -2.18. The summed E-state index contributed by atoms with van der Waals surface area (Å²) in [7, 11) is 0. The van der Waals surface area contributed by atoms with Gasteiger partial charge in [0.25, 0.3) is 0 Å². The minimum absolute atomic E-state index is 0.0113. The second-order valence-electron chi connectivity index (χ2n) is 7.59. The van der Waals surface area contributed by atoms with Gasteiger partial charge in [0, 0.05) is 17.5 Å². The third kappa shape index (κ3) is 4.71. The second-order valence-corrected chi connectivity index (χ2v) is 7.59. The van der Waals surface area contributed by atoms with Crippen molar-refractivity contribution in [3.8, 4) is 11.4 Å². The Hall–Kier alpha value is -2.58. The molecule has 1 unspecified atom stereocenters. The van der Waals surface area contributed by atoms with E-state index in [1.165, 1.54) is 12.1 Å². The number of hydrogen-bond donors (Lipinski definition) is 1. The van der Waals surface area contributed by atoms with E-state index in [-0.39, 0.29) is 18.3 Å². The lowest BCUT2D eigenvalue weighted by atomic mass is 10.00. The first-order chi connectivity index (χ1) is 14.1. The summed E-state index contributed by atoms with van der Waals surface area (Å²) < 4.78 is 20.8. The van der Waals surface area contributed by atoms with E-state index in [0.717, 1.165) is 56.2 Å². The smallest absolute Gasteiger partial charge is 0.181 e. The van der Waals surface area contributed by atoms with Crippen molar-refractivity contribution in [3.05, 3.63) is 53.4 Å². The molecule has 2 aromatic heterocycles. The summed E-state index contributed by atoms with van der Waals surface area (Å²) >= 11 is 0. The Morgan fingerprint density at radius 1 is 1.24 bits per heavy atom. The van der Waals surface area contributed by atoms with Crippen LogP contribution >= 0.6 is 0 Å². The molecule has 3 heterocycles. The van der Waals surface area contributed by atoms with Crippen molar-refractivity contribution in [3.63, 3.8) is 0 Å². The normalized spacial score (nSPS) is 18.1. The average molecular weight is 399 g/mol. The lowest BCUT2D eigenvalue weighted by Crippen LogP contribution is -2.24. The van der Waals surface area contributed by atoms with Crippen LogP contribution < -0.4 is 0 Å². The minimum atomic E-state index is -0.310. The zero-order valence-electron chi connectivity index (χ0n) is 16.6. The number of likely N-dealkylation sites (tertiary alicyclic amines) is 1. The van der Waals surface area contributed by atoms with E-state index in [4.69, 9.17) is 9.51 Å². The maximum atomic E-state index is 13.6. The van der Waals surface area contributed by atoms with Crippen LogP contribution in [-0.2, 0) is 13.1 Å². The van der Waals surface area contributed by atoms with Crippen LogP contribution in [-0.4, -0.2) is 49.6 Å². The van der Waals surface area contributed by atoms with Gasteiger partial charge in [-0.3, -0.25) is 4.90 Å². The van der Waals surface area contributed by atoms with Crippen LogP contribution in [0.4, 0.5) is 4.39 Å². The lowest BCUT2D eigenvalue weighted by molar-refractivity contribution is 0.237. The van der Waals surface area contributed by atoms with E-state index < -0.39 is 0 Å². The molecule has 1 saturated heterocycles. The van der Waals surface area contributed by atoms with Gasteiger partial charge in [0.15, 0.2) is 11.6 Å². The second kappa shape index (κ2) is 8.84. The van der Waals surface area contributed by atoms with Gasteiger partial charge in [0.2, 0.25) is 0 Å². The van der Waals surface area contributed by atoms with Gasteiger partial charge in [-0.25, -0.2) is 14.1 Å². The predicted octanol–water partition coefficient (Wildman–Crippen LogP) is 3.14. The Morgan fingerprint density at radius 2 is 2.14 bits per heavy atom. The van der Waals surface area contributed by atoms with Crippen LogP contribution in [0.25, 0.3) is 11.4 Å². The third-order valence-electron chi connectivity index (χ3n) is 5.34. The Balaban J connectivity index is 1.51. The maximum Gasteiger partial charge on any atom is 0.181 e. The number of aromatic nitrogens is 4. The molecule has 0 aliphatic carbocycles. The van der Waals surface area contributed by atoms with E-state index in [2.05, 4.69) is 15.2 Å². The molecule has 7 nitrogen and oxygen atoms in total. The van der Waals surface area contributed by atoms with E-state index in [9.17, 15) is 9.50 Å². The van der Waals surface area contributed by atoms with Crippen molar-refractivity contribution in [2.45, 2.75) is 45.2 Å². The summed E-state index contributed by atoms with van der Waals surface area (Å²) in [6, 6.07) is 8.29. The molecule has 8 heteroatoms. The molecular formula is C21H26FN5O2. The van der Waals surface area contributed by atoms with E-state index >= 15 is 0 Å². The van der Waals surface area contributed by atoms with Gasteiger partial charge in [0.1, 0.15) is 11.6 Å². The quantitative estimate of drug-likeness (QED) is 0.686. The van der Waals surface area contributed by atoms with Crippen LogP contribution in [0.3, 0.4) is 0 Å². The van der Waals surface area contributed by atoms with E-state index in [1.54, 1.807) is 16.8 Å². The molecule has 1 atom stereocenters. The summed E-state index contributed by atoms with van der Waals surface area (Å²) in [5, 5.41) is 18.0. The molecule has 3 aromatic rings. The Labute approximate surface area is 169 Å². The highest BCUT2D eigenvalue weighted by molar-refractivity contribution is 5.54. The fraction of sp³-hybridized carbons (Fsp3) is 0.476. The van der Waals surface area contributed by atoms with Crippen molar-refractivity contribution in [2.75, 3.05) is 19.7 Å². The Kier molecular flexibility index (Phi) is 6.01. The minimum Gasteiger partial charge on any atom is -0.394 e. The van der Waals surface area contributed by atoms with Gasteiger partial charge >= 0.3 is 0 Å². The highest BCUT2D eigenvalue weighted by Gasteiger charge is 2.25. The fourth-order valence-electron chi connectivity index (χ4n) is 3.95. The van der Waals surface area contributed by atoms with Crippen LogP contribution in [0.5, 0.6) is 0 Å². The number of nitrogens with zero attached hydrogens (tertiary/aromatic N) is 5. The van der Waals surface area contributed by atoms with Crippen LogP contribution in [0.15, 0.2) is 34.9 Å². The van der Waals surface area contributed by atoms with E-state index in [0.29, 0.717) is 17.9 Å². The monoisotopic (exact) mass is 399 g/mol. The zero-order chi connectivity index (χ0) is 20.2. The summed E-state index contributed by atoms with van der Waals surface area (Å²) in [5.74, 6) is 2.20. The van der Waals surface area contributed by atoms with Gasteiger partial charge in [-0.1, -0.05) is 17.3 Å². The standard InChI is InChI=1S/C21H26FN5O2/c1-15-12-19(29-25-15)14-26-8-3-5-16(7-9-26)21-23-20(24-27(21)10-11-28)17-4-2-6-18(22)13-17/h2,4,6,12-13,16,28H,3,5,7-11,14H2,1H3. The fourth-order valence-corrected chi connectivity index (χ4v) is 3.95. The topological polar surface area (TPSA) is 80.2 Å². The van der Waals surface area contributed by atoms with Crippen LogP contribution in [0.2, 0.25) is 0 Å². The summed E-state index contributed by atoms with van der Waals surface area (Å²) in [4.78, 5) is 7.12.